The Hall–Kier alpha value is -1.40. The van der Waals surface area contributed by atoms with Crippen LogP contribution in [0.3, 0.4) is 0 Å². The van der Waals surface area contributed by atoms with Gasteiger partial charge in [0, 0.05) is 12.8 Å². The summed E-state index contributed by atoms with van der Waals surface area (Å²) in [5.74, 6) is -0.0293. The number of ether oxygens (including phenoxy) is 1. The second kappa shape index (κ2) is 55.2. The highest BCUT2D eigenvalue weighted by Gasteiger charge is 2.20. The van der Waals surface area contributed by atoms with Gasteiger partial charge in [0.2, 0.25) is 5.91 Å². The van der Waals surface area contributed by atoms with Crippen molar-refractivity contribution in [3.05, 3.63) is 12.2 Å². The van der Waals surface area contributed by atoms with E-state index in [0.29, 0.717) is 25.9 Å². The van der Waals surface area contributed by atoms with Gasteiger partial charge in [0.15, 0.2) is 0 Å². The zero-order valence-corrected chi connectivity index (χ0v) is 44.0. The first kappa shape index (κ1) is 63.6. The average Bonchev–Trinajstić information content (AvgIpc) is 3.31. The summed E-state index contributed by atoms with van der Waals surface area (Å²) in [7, 11) is 0. The molecule has 0 radical (unpaired) electrons. The van der Waals surface area contributed by atoms with Crippen molar-refractivity contribution in [3.8, 4) is 0 Å². The molecule has 65 heavy (non-hydrogen) atoms. The standard InChI is InChI=1S/C59H115NO5/c1-3-5-7-9-11-13-15-16-25-29-33-37-41-45-49-53-59(64)65-54-50-46-42-38-34-30-27-24-22-20-18-17-19-21-23-26-28-32-36-40-44-48-52-58(63)60-56(55-61)57(62)51-47-43-39-35-31-14-12-10-8-6-4-2/h16,25,56-57,61-62H,3-15,17-24,26-55H2,1-2H3,(H,60,63)/b25-16-. The van der Waals surface area contributed by atoms with Crippen LogP contribution in [-0.4, -0.2) is 47.4 Å². The van der Waals surface area contributed by atoms with E-state index >= 15 is 0 Å². The van der Waals surface area contributed by atoms with Crippen LogP contribution in [0.1, 0.15) is 328 Å². The van der Waals surface area contributed by atoms with E-state index in [4.69, 9.17) is 4.74 Å². The molecule has 0 aliphatic rings. The van der Waals surface area contributed by atoms with E-state index in [1.54, 1.807) is 0 Å². The lowest BCUT2D eigenvalue weighted by Gasteiger charge is -2.22. The fourth-order valence-corrected chi connectivity index (χ4v) is 9.28. The quantitative estimate of drug-likeness (QED) is 0.0321. The van der Waals surface area contributed by atoms with Gasteiger partial charge in [-0.1, -0.05) is 276 Å². The molecule has 0 saturated heterocycles. The number of allylic oxidation sites excluding steroid dienone is 2. The number of carbonyl (C=O) groups is 2. The summed E-state index contributed by atoms with van der Waals surface area (Å²) in [5, 5.41) is 23.2. The molecule has 0 rings (SSSR count). The third-order valence-corrected chi connectivity index (χ3v) is 13.8. The van der Waals surface area contributed by atoms with Crippen LogP contribution in [0.25, 0.3) is 0 Å². The maximum atomic E-state index is 12.4. The van der Waals surface area contributed by atoms with Gasteiger partial charge < -0.3 is 20.3 Å². The van der Waals surface area contributed by atoms with Crippen LogP contribution in [0.4, 0.5) is 0 Å². The van der Waals surface area contributed by atoms with Crippen molar-refractivity contribution in [1.82, 2.24) is 5.32 Å². The number of rotatable bonds is 55. The molecule has 2 unspecified atom stereocenters. The van der Waals surface area contributed by atoms with Gasteiger partial charge in [-0.25, -0.2) is 0 Å². The Labute approximate surface area is 406 Å². The third kappa shape index (κ3) is 51.8. The first-order valence-electron chi connectivity index (χ1n) is 29.4. The molecule has 2 atom stereocenters. The van der Waals surface area contributed by atoms with Crippen LogP contribution < -0.4 is 5.32 Å². The lowest BCUT2D eigenvalue weighted by Crippen LogP contribution is -2.45. The van der Waals surface area contributed by atoms with Crippen molar-refractivity contribution in [1.29, 1.82) is 0 Å². The highest BCUT2D eigenvalue weighted by Crippen LogP contribution is 2.18. The Morgan fingerprint density at radius 3 is 1.09 bits per heavy atom. The lowest BCUT2D eigenvalue weighted by molar-refractivity contribution is -0.143. The van der Waals surface area contributed by atoms with Crippen LogP contribution in [0.5, 0.6) is 0 Å². The molecule has 0 heterocycles. The summed E-state index contributed by atoms with van der Waals surface area (Å²) < 4.78 is 5.48. The first-order chi connectivity index (χ1) is 32.0. The van der Waals surface area contributed by atoms with E-state index in [0.717, 1.165) is 44.9 Å². The summed E-state index contributed by atoms with van der Waals surface area (Å²) in [6.07, 6.45) is 65.0. The van der Waals surface area contributed by atoms with Gasteiger partial charge in [-0.3, -0.25) is 9.59 Å². The molecule has 6 heteroatoms. The molecule has 0 aromatic rings. The molecule has 0 aromatic carbocycles. The topological polar surface area (TPSA) is 95.9 Å². The summed E-state index contributed by atoms with van der Waals surface area (Å²) in [6.45, 7) is 4.95. The van der Waals surface area contributed by atoms with E-state index in [2.05, 4.69) is 31.3 Å². The van der Waals surface area contributed by atoms with Crippen molar-refractivity contribution in [2.24, 2.45) is 0 Å². The lowest BCUT2D eigenvalue weighted by atomic mass is 10.0. The first-order valence-corrected chi connectivity index (χ1v) is 29.4. The molecule has 0 spiro atoms. The molecule has 0 saturated carbocycles. The molecule has 0 aliphatic heterocycles. The number of hydrogen-bond acceptors (Lipinski definition) is 5. The number of esters is 1. The van der Waals surface area contributed by atoms with E-state index in [-0.39, 0.29) is 18.5 Å². The molecule has 0 bridgehead atoms. The minimum Gasteiger partial charge on any atom is -0.466 e. The zero-order chi connectivity index (χ0) is 47.2. The zero-order valence-electron chi connectivity index (χ0n) is 44.0. The second-order valence-electron chi connectivity index (χ2n) is 20.3. The minimum atomic E-state index is -0.662. The number of nitrogens with one attached hydrogen (secondary N) is 1. The van der Waals surface area contributed by atoms with Gasteiger partial charge in [-0.2, -0.15) is 0 Å². The number of unbranched alkanes of at least 4 members (excludes halogenated alkanes) is 42. The molecular weight excluding hydrogens is 803 g/mol. The summed E-state index contributed by atoms with van der Waals surface area (Å²) in [5.41, 5.74) is 0. The monoisotopic (exact) mass is 918 g/mol. The van der Waals surface area contributed by atoms with E-state index in [9.17, 15) is 19.8 Å². The number of aliphatic hydroxyl groups excluding tert-OH is 2. The van der Waals surface area contributed by atoms with Crippen LogP contribution in [0.15, 0.2) is 12.2 Å². The summed E-state index contributed by atoms with van der Waals surface area (Å²) in [4.78, 5) is 24.5. The molecule has 3 N–H and O–H groups in total. The fraction of sp³-hybridized carbons (Fsp3) is 0.932. The Kier molecular flexibility index (Phi) is 54.0. The van der Waals surface area contributed by atoms with Crippen molar-refractivity contribution < 1.29 is 24.5 Å². The Morgan fingerprint density at radius 2 is 0.723 bits per heavy atom. The van der Waals surface area contributed by atoms with Gasteiger partial charge in [0.25, 0.3) is 0 Å². The number of hydrogen-bond donors (Lipinski definition) is 3. The minimum absolute atomic E-state index is 0.00573. The predicted molar refractivity (Wildman–Crippen MR) is 283 cm³/mol. The molecule has 0 aromatic heterocycles. The van der Waals surface area contributed by atoms with Gasteiger partial charge >= 0.3 is 5.97 Å². The third-order valence-electron chi connectivity index (χ3n) is 13.8. The molecule has 0 fully saturated rings. The average molecular weight is 919 g/mol. The van der Waals surface area contributed by atoms with Gasteiger partial charge in [0.05, 0.1) is 25.4 Å². The molecule has 6 nitrogen and oxygen atoms in total. The fourth-order valence-electron chi connectivity index (χ4n) is 9.28. The van der Waals surface area contributed by atoms with Crippen molar-refractivity contribution >= 4 is 11.9 Å². The Bertz CT molecular complexity index is 970. The summed E-state index contributed by atoms with van der Waals surface area (Å²) >= 11 is 0. The van der Waals surface area contributed by atoms with E-state index < -0.39 is 12.1 Å². The van der Waals surface area contributed by atoms with Crippen molar-refractivity contribution in [2.45, 2.75) is 341 Å². The van der Waals surface area contributed by atoms with Crippen LogP contribution in [-0.2, 0) is 14.3 Å². The number of aliphatic hydroxyl groups is 2. The second-order valence-corrected chi connectivity index (χ2v) is 20.3. The largest absolute Gasteiger partial charge is 0.466 e. The van der Waals surface area contributed by atoms with Gasteiger partial charge in [0.1, 0.15) is 0 Å². The number of amides is 1. The maximum absolute atomic E-state index is 12.4. The van der Waals surface area contributed by atoms with Gasteiger partial charge in [-0.15, -0.1) is 0 Å². The van der Waals surface area contributed by atoms with Crippen LogP contribution in [0, 0.1) is 0 Å². The normalized spacial score (nSPS) is 12.6. The van der Waals surface area contributed by atoms with Crippen molar-refractivity contribution in [2.75, 3.05) is 13.2 Å². The van der Waals surface area contributed by atoms with Gasteiger partial charge in [-0.05, 0) is 51.4 Å². The Balaban J connectivity index is 3.35. The molecule has 0 aliphatic carbocycles. The molecule has 1 amide bonds. The number of carbonyl (C=O) groups excluding carboxylic acids is 2. The van der Waals surface area contributed by atoms with E-state index in [1.165, 1.54) is 250 Å². The Morgan fingerprint density at radius 1 is 0.415 bits per heavy atom. The highest BCUT2D eigenvalue weighted by atomic mass is 16.5. The summed E-state index contributed by atoms with van der Waals surface area (Å²) in [6, 6.07) is -0.539. The SMILES string of the molecule is CCCCCCCC/C=C\CCCCCCCC(=O)OCCCCCCCCCCCCCCCCCCCCCCCCC(=O)NC(CO)C(O)CCCCCCCCCCCCC. The van der Waals surface area contributed by atoms with E-state index in [1.807, 2.05) is 0 Å². The highest BCUT2D eigenvalue weighted by molar-refractivity contribution is 5.76. The molecule has 386 valence electrons. The van der Waals surface area contributed by atoms with Crippen LogP contribution in [0.2, 0.25) is 0 Å². The van der Waals surface area contributed by atoms with Crippen LogP contribution >= 0.6 is 0 Å². The predicted octanol–water partition coefficient (Wildman–Crippen LogP) is 18.1. The van der Waals surface area contributed by atoms with Crippen molar-refractivity contribution in [3.63, 3.8) is 0 Å². The maximum Gasteiger partial charge on any atom is 0.305 e. The molecular formula is C59H115NO5. The smallest absolute Gasteiger partial charge is 0.305 e.